The molecule has 0 bridgehead atoms. The summed E-state index contributed by atoms with van der Waals surface area (Å²) in [5, 5.41) is 0. The van der Waals surface area contributed by atoms with Crippen molar-refractivity contribution in [3.05, 3.63) is 0 Å². The minimum absolute atomic E-state index is 0.0110. The van der Waals surface area contributed by atoms with Crippen molar-refractivity contribution in [2.45, 2.75) is 83.7 Å². The molecular weight excluding hydrogens is 211 g/mol. The second-order valence-electron chi connectivity index (χ2n) is 6.88. The molecule has 1 saturated heterocycles. The highest BCUT2D eigenvalue weighted by Crippen LogP contribution is 2.44. The standard InChI is InChI=1S/C14H27BO2/c1-11(12-9-7-6-8-10-12)15-16-13(2,3)14(4,5)17-15/h11-12H,6-10H2,1-5H3. The Morgan fingerprint density at radius 1 is 0.941 bits per heavy atom. The van der Waals surface area contributed by atoms with Crippen LogP contribution in [0.5, 0.6) is 0 Å². The molecule has 0 aromatic rings. The van der Waals surface area contributed by atoms with Gasteiger partial charge in [-0.25, -0.2) is 0 Å². The minimum Gasteiger partial charge on any atom is -0.403 e. The Morgan fingerprint density at radius 2 is 1.41 bits per heavy atom. The lowest BCUT2D eigenvalue weighted by Gasteiger charge is -2.32. The average Bonchev–Trinajstić information content (AvgIpc) is 2.48. The molecule has 1 unspecified atom stereocenters. The summed E-state index contributed by atoms with van der Waals surface area (Å²) in [6.45, 7) is 10.9. The molecule has 2 rings (SSSR count). The molecular formula is C14H27BO2. The second kappa shape index (κ2) is 4.58. The van der Waals surface area contributed by atoms with Gasteiger partial charge in [0, 0.05) is 0 Å². The fraction of sp³-hybridized carbons (Fsp3) is 1.00. The summed E-state index contributed by atoms with van der Waals surface area (Å²) < 4.78 is 12.3. The van der Waals surface area contributed by atoms with Crippen LogP contribution < -0.4 is 0 Å². The molecule has 1 aliphatic heterocycles. The summed E-state index contributed by atoms with van der Waals surface area (Å²) in [6.07, 6.45) is 6.88. The van der Waals surface area contributed by atoms with Crippen LogP contribution in [0.25, 0.3) is 0 Å². The molecule has 0 amide bonds. The van der Waals surface area contributed by atoms with Gasteiger partial charge in [0.15, 0.2) is 0 Å². The van der Waals surface area contributed by atoms with Crippen molar-refractivity contribution in [3.8, 4) is 0 Å². The molecule has 2 nitrogen and oxygen atoms in total. The molecule has 2 aliphatic rings. The van der Waals surface area contributed by atoms with Gasteiger partial charge in [-0.15, -0.1) is 0 Å². The molecule has 0 aromatic carbocycles. The normalized spacial score (nSPS) is 30.5. The van der Waals surface area contributed by atoms with E-state index in [0.29, 0.717) is 5.82 Å². The average molecular weight is 238 g/mol. The van der Waals surface area contributed by atoms with Crippen LogP contribution >= 0.6 is 0 Å². The van der Waals surface area contributed by atoms with Crippen LogP contribution in [-0.4, -0.2) is 18.3 Å². The molecule has 1 heterocycles. The Hall–Kier alpha value is -0.0151. The van der Waals surface area contributed by atoms with E-state index in [0.717, 1.165) is 5.92 Å². The number of hydrogen-bond donors (Lipinski definition) is 0. The van der Waals surface area contributed by atoms with E-state index in [2.05, 4.69) is 34.6 Å². The topological polar surface area (TPSA) is 18.5 Å². The summed E-state index contributed by atoms with van der Waals surface area (Å²) in [6, 6.07) is 0. The Morgan fingerprint density at radius 3 is 1.88 bits per heavy atom. The zero-order valence-corrected chi connectivity index (χ0v) is 12.1. The van der Waals surface area contributed by atoms with Crippen LogP contribution in [0.2, 0.25) is 5.82 Å². The predicted molar refractivity (Wildman–Crippen MR) is 72.1 cm³/mol. The molecule has 3 heteroatoms. The Labute approximate surface area is 107 Å². The SMILES string of the molecule is CC(B1OC(C)(C)C(C)(C)O1)C1CCCCC1. The highest BCUT2D eigenvalue weighted by atomic mass is 16.7. The molecule has 17 heavy (non-hydrogen) atoms. The van der Waals surface area contributed by atoms with Gasteiger partial charge >= 0.3 is 7.12 Å². The van der Waals surface area contributed by atoms with Gasteiger partial charge in [-0.1, -0.05) is 39.0 Å². The van der Waals surface area contributed by atoms with Gasteiger partial charge in [-0.3, -0.25) is 0 Å². The van der Waals surface area contributed by atoms with Crippen LogP contribution in [0, 0.1) is 5.92 Å². The first-order chi connectivity index (χ1) is 7.83. The fourth-order valence-corrected chi connectivity index (χ4v) is 2.99. The third-order valence-electron chi connectivity index (χ3n) is 5.09. The molecule has 1 atom stereocenters. The van der Waals surface area contributed by atoms with Crippen molar-refractivity contribution in [1.29, 1.82) is 0 Å². The molecule has 0 aromatic heterocycles. The maximum Gasteiger partial charge on any atom is 0.461 e. The van der Waals surface area contributed by atoms with E-state index in [1.54, 1.807) is 0 Å². The van der Waals surface area contributed by atoms with Gasteiger partial charge in [-0.2, -0.15) is 0 Å². The monoisotopic (exact) mass is 238 g/mol. The Bertz CT molecular complexity index is 253. The summed E-state index contributed by atoms with van der Waals surface area (Å²) in [5.74, 6) is 1.31. The van der Waals surface area contributed by atoms with Crippen LogP contribution in [0.3, 0.4) is 0 Å². The molecule has 1 aliphatic carbocycles. The highest BCUT2D eigenvalue weighted by Gasteiger charge is 2.53. The highest BCUT2D eigenvalue weighted by molar-refractivity contribution is 6.47. The lowest BCUT2D eigenvalue weighted by Crippen LogP contribution is -2.41. The first-order valence-electron chi connectivity index (χ1n) is 7.19. The molecule has 0 spiro atoms. The minimum atomic E-state index is -0.180. The van der Waals surface area contributed by atoms with Crippen molar-refractivity contribution < 1.29 is 9.31 Å². The number of hydrogen-bond acceptors (Lipinski definition) is 2. The zero-order chi connectivity index (χ0) is 12.7. The van der Waals surface area contributed by atoms with Crippen LogP contribution in [-0.2, 0) is 9.31 Å². The summed E-state index contributed by atoms with van der Waals surface area (Å²) in [5.41, 5.74) is -0.360. The molecule has 2 fully saturated rings. The van der Waals surface area contributed by atoms with Crippen LogP contribution in [0.15, 0.2) is 0 Å². The van der Waals surface area contributed by atoms with Crippen molar-refractivity contribution in [3.63, 3.8) is 0 Å². The zero-order valence-electron chi connectivity index (χ0n) is 12.1. The van der Waals surface area contributed by atoms with Crippen molar-refractivity contribution in [2.75, 3.05) is 0 Å². The maximum absolute atomic E-state index is 6.16. The van der Waals surface area contributed by atoms with Gasteiger partial charge in [0.25, 0.3) is 0 Å². The van der Waals surface area contributed by atoms with Crippen LogP contribution in [0.1, 0.15) is 66.7 Å². The second-order valence-corrected chi connectivity index (χ2v) is 6.88. The summed E-state index contributed by atoms with van der Waals surface area (Å²) in [7, 11) is -0.0110. The lowest BCUT2D eigenvalue weighted by molar-refractivity contribution is 0.00578. The van der Waals surface area contributed by atoms with E-state index < -0.39 is 0 Å². The Balaban J connectivity index is 1.99. The maximum atomic E-state index is 6.16. The van der Waals surface area contributed by atoms with E-state index in [9.17, 15) is 0 Å². The third kappa shape index (κ3) is 2.55. The lowest BCUT2D eigenvalue weighted by atomic mass is 9.62. The van der Waals surface area contributed by atoms with Gasteiger partial charge < -0.3 is 9.31 Å². The first-order valence-corrected chi connectivity index (χ1v) is 7.19. The van der Waals surface area contributed by atoms with E-state index in [-0.39, 0.29) is 18.3 Å². The fourth-order valence-electron chi connectivity index (χ4n) is 2.99. The van der Waals surface area contributed by atoms with Crippen molar-refractivity contribution >= 4 is 7.12 Å². The van der Waals surface area contributed by atoms with Gasteiger partial charge in [0.05, 0.1) is 11.2 Å². The van der Waals surface area contributed by atoms with Crippen molar-refractivity contribution in [1.82, 2.24) is 0 Å². The Kier molecular flexibility index (Phi) is 3.62. The largest absolute Gasteiger partial charge is 0.461 e. The molecule has 0 radical (unpaired) electrons. The predicted octanol–water partition coefficient (Wildman–Crippen LogP) is 4.05. The third-order valence-corrected chi connectivity index (χ3v) is 5.09. The molecule has 0 N–H and O–H groups in total. The van der Waals surface area contributed by atoms with Gasteiger partial charge in [0.2, 0.25) is 0 Å². The number of rotatable bonds is 2. The van der Waals surface area contributed by atoms with Crippen LogP contribution in [0.4, 0.5) is 0 Å². The quantitative estimate of drug-likeness (QED) is 0.675. The first kappa shape index (κ1) is 13.4. The van der Waals surface area contributed by atoms with Gasteiger partial charge in [0.1, 0.15) is 0 Å². The van der Waals surface area contributed by atoms with Crippen molar-refractivity contribution in [2.24, 2.45) is 5.92 Å². The molecule has 1 saturated carbocycles. The smallest absolute Gasteiger partial charge is 0.403 e. The van der Waals surface area contributed by atoms with Gasteiger partial charge in [-0.05, 0) is 39.4 Å². The van der Waals surface area contributed by atoms with E-state index in [4.69, 9.17) is 9.31 Å². The summed E-state index contributed by atoms with van der Waals surface area (Å²) >= 11 is 0. The van der Waals surface area contributed by atoms with E-state index >= 15 is 0 Å². The summed E-state index contributed by atoms with van der Waals surface area (Å²) in [4.78, 5) is 0. The molecule has 98 valence electrons. The van der Waals surface area contributed by atoms with E-state index in [1.807, 2.05) is 0 Å². The van der Waals surface area contributed by atoms with E-state index in [1.165, 1.54) is 32.1 Å².